The van der Waals surface area contributed by atoms with Crippen molar-refractivity contribution < 1.29 is 14.7 Å². The van der Waals surface area contributed by atoms with Gasteiger partial charge in [0.15, 0.2) is 5.76 Å². The molecule has 0 atom stereocenters. The average Bonchev–Trinajstić information content (AvgIpc) is 2.05. The smallest absolute Gasteiger partial charge is 0.309 e. The van der Waals surface area contributed by atoms with Crippen LogP contribution in [0.4, 0.5) is 0 Å². The lowest BCUT2D eigenvalue weighted by atomic mass is 10.2. The van der Waals surface area contributed by atoms with Crippen LogP contribution in [0.25, 0.3) is 0 Å². The van der Waals surface area contributed by atoms with Gasteiger partial charge in [-0.3, -0.25) is 10.0 Å². The van der Waals surface area contributed by atoms with Crippen LogP contribution < -0.4 is 5.48 Å². The minimum absolute atomic E-state index is 0.216. The summed E-state index contributed by atoms with van der Waals surface area (Å²) in [5.41, 5.74) is 1.50. The summed E-state index contributed by atoms with van der Waals surface area (Å²) in [4.78, 5) is 10.6. The summed E-state index contributed by atoms with van der Waals surface area (Å²) in [7, 11) is 0. The van der Waals surface area contributed by atoms with E-state index in [1.807, 2.05) is 0 Å². The van der Waals surface area contributed by atoms with Crippen molar-refractivity contribution in [2.24, 2.45) is 0 Å². The Morgan fingerprint density at radius 1 is 1.80 bits per heavy atom. The van der Waals surface area contributed by atoms with Crippen molar-refractivity contribution in [3.8, 4) is 0 Å². The van der Waals surface area contributed by atoms with E-state index in [1.165, 1.54) is 5.48 Å². The van der Waals surface area contributed by atoms with E-state index in [-0.39, 0.29) is 5.76 Å². The highest BCUT2D eigenvalue weighted by molar-refractivity contribution is 5.90. The van der Waals surface area contributed by atoms with Crippen LogP contribution >= 0.6 is 0 Å². The topological polar surface area (TPSA) is 58.6 Å². The quantitative estimate of drug-likeness (QED) is 0.407. The van der Waals surface area contributed by atoms with Crippen LogP contribution in [0.1, 0.15) is 12.8 Å². The SMILES string of the molecule is O=C(NO)C1=CCCCO1. The highest BCUT2D eigenvalue weighted by atomic mass is 16.5. The van der Waals surface area contributed by atoms with Gasteiger partial charge in [0.05, 0.1) is 6.61 Å². The van der Waals surface area contributed by atoms with Crippen LogP contribution in [0.15, 0.2) is 11.8 Å². The van der Waals surface area contributed by atoms with Crippen LogP contribution in [0.3, 0.4) is 0 Å². The molecule has 2 N–H and O–H groups in total. The van der Waals surface area contributed by atoms with Crippen LogP contribution in [0.2, 0.25) is 0 Å². The predicted molar refractivity (Wildman–Crippen MR) is 33.2 cm³/mol. The minimum atomic E-state index is -0.570. The highest BCUT2D eigenvalue weighted by Gasteiger charge is 2.11. The Balaban J connectivity index is 2.53. The zero-order valence-electron chi connectivity index (χ0n) is 5.46. The van der Waals surface area contributed by atoms with Gasteiger partial charge in [0, 0.05) is 0 Å². The van der Waals surface area contributed by atoms with Crippen molar-refractivity contribution in [1.82, 2.24) is 5.48 Å². The normalized spacial score (nSPS) is 17.1. The molecule has 4 heteroatoms. The van der Waals surface area contributed by atoms with E-state index in [0.717, 1.165) is 12.8 Å². The Morgan fingerprint density at radius 2 is 2.60 bits per heavy atom. The summed E-state index contributed by atoms with van der Waals surface area (Å²) in [5, 5.41) is 8.17. The second-order valence-corrected chi connectivity index (χ2v) is 2.00. The molecule has 10 heavy (non-hydrogen) atoms. The van der Waals surface area contributed by atoms with Gasteiger partial charge in [-0.05, 0) is 18.9 Å². The summed E-state index contributed by atoms with van der Waals surface area (Å²) >= 11 is 0. The molecule has 56 valence electrons. The lowest BCUT2D eigenvalue weighted by Crippen LogP contribution is -2.23. The number of hydrogen-bond acceptors (Lipinski definition) is 3. The first-order valence-electron chi connectivity index (χ1n) is 3.12. The molecule has 0 aromatic rings. The van der Waals surface area contributed by atoms with Crippen LogP contribution in [-0.2, 0) is 9.53 Å². The molecule has 0 aliphatic carbocycles. The highest BCUT2D eigenvalue weighted by Crippen LogP contribution is 2.08. The van der Waals surface area contributed by atoms with Gasteiger partial charge in [0.1, 0.15) is 0 Å². The van der Waals surface area contributed by atoms with Gasteiger partial charge in [0.2, 0.25) is 0 Å². The molecule has 0 spiro atoms. The van der Waals surface area contributed by atoms with Crippen molar-refractivity contribution >= 4 is 5.91 Å². The molecular formula is C6H9NO3. The Morgan fingerprint density at radius 3 is 3.10 bits per heavy atom. The van der Waals surface area contributed by atoms with Gasteiger partial charge in [-0.15, -0.1) is 0 Å². The molecule has 0 bridgehead atoms. The maximum Gasteiger partial charge on any atom is 0.309 e. The Labute approximate surface area is 58.4 Å². The summed E-state index contributed by atoms with van der Waals surface area (Å²) < 4.78 is 4.92. The second-order valence-electron chi connectivity index (χ2n) is 2.00. The zero-order chi connectivity index (χ0) is 7.40. The van der Waals surface area contributed by atoms with Gasteiger partial charge in [-0.1, -0.05) is 0 Å². The fraction of sp³-hybridized carbons (Fsp3) is 0.500. The van der Waals surface area contributed by atoms with Crippen molar-refractivity contribution in [3.63, 3.8) is 0 Å². The van der Waals surface area contributed by atoms with Gasteiger partial charge < -0.3 is 4.74 Å². The molecule has 1 heterocycles. The first-order chi connectivity index (χ1) is 4.84. The monoisotopic (exact) mass is 143 g/mol. The van der Waals surface area contributed by atoms with Crippen LogP contribution in [-0.4, -0.2) is 17.7 Å². The van der Waals surface area contributed by atoms with Crippen molar-refractivity contribution in [2.45, 2.75) is 12.8 Å². The third-order valence-electron chi connectivity index (χ3n) is 1.26. The molecule has 0 unspecified atom stereocenters. The number of amides is 1. The molecule has 0 fully saturated rings. The number of hydrogen-bond donors (Lipinski definition) is 2. The molecule has 1 rings (SSSR count). The van der Waals surface area contributed by atoms with E-state index >= 15 is 0 Å². The second kappa shape index (κ2) is 3.22. The third kappa shape index (κ3) is 1.48. The number of rotatable bonds is 1. The van der Waals surface area contributed by atoms with E-state index < -0.39 is 5.91 Å². The molecule has 1 aliphatic heterocycles. The molecule has 1 aliphatic rings. The molecule has 4 nitrogen and oxygen atoms in total. The third-order valence-corrected chi connectivity index (χ3v) is 1.26. The number of ether oxygens (including phenoxy) is 1. The molecule has 0 saturated heterocycles. The van der Waals surface area contributed by atoms with Gasteiger partial charge in [-0.2, -0.15) is 0 Å². The molecule has 1 amide bonds. The Kier molecular flexibility index (Phi) is 2.28. The van der Waals surface area contributed by atoms with Crippen molar-refractivity contribution in [2.75, 3.05) is 6.61 Å². The molecule has 0 aromatic heterocycles. The molecule has 0 saturated carbocycles. The first kappa shape index (κ1) is 7.08. The molecular weight excluding hydrogens is 134 g/mol. The standard InChI is InChI=1S/C6H9NO3/c8-6(7-9)5-3-1-2-4-10-5/h3,9H,1-2,4H2,(H,7,8). The number of allylic oxidation sites excluding steroid dienone is 1. The maximum atomic E-state index is 10.6. The van der Waals surface area contributed by atoms with Gasteiger partial charge >= 0.3 is 5.91 Å². The molecule has 0 aromatic carbocycles. The first-order valence-corrected chi connectivity index (χ1v) is 3.12. The number of carbonyl (C=O) groups is 1. The summed E-state index contributed by atoms with van der Waals surface area (Å²) in [6.07, 6.45) is 3.43. The van der Waals surface area contributed by atoms with Crippen molar-refractivity contribution in [1.29, 1.82) is 0 Å². The predicted octanol–water partition coefficient (Wildman–Crippen LogP) is 0.186. The van der Waals surface area contributed by atoms with E-state index in [4.69, 9.17) is 9.94 Å². The van der Waals surface area contributed by atoms with Gasteiger partial charge in [-0.25, -0.2) is 5.48 Å². The molecule has 0 radical (unpaired) electrons. The van der Waals surface area contributed by atoms with E-state index in [2.05, 4.69) is 0 Å². The number of hydroxylamine groups is 1. The summed E-state index contributed by atoms with van der Waals surface area (Å²) in [5.74, 6) is -0.353. The maximum absolute atomic E-state index is 10.6. The number of nitrogens with one attached hydrogen (secondary N) is 1. The van der Waals surface area contributed by atoms with Crippen molar-refractivity contribution in [3.05, 3.63) is 11.8 Å². The van der Waals surface area contributed by atoms with E-state index in [1.54, 1.807) is 6.08 Å². The summed E-state index contributed by atoms with van der Waals surface area (Å²) in [6, 6.07) is 0. The van der Waals surface area contributed by atoms with Crippen LogP contribution in [0.5, 0.6) is 0 Å². The fourth-order valence-corrected chi connectivity index (χ4v) is 0.771. The Hall–Kier alpha value is -1.03. The minimum Gasteiger partial charge on any atom is -0.488 e. The fourth-order valence-electron chi connectivity index (χ4n) is 0.771. The Bertz CT molecular complexity index is 164. The van der Waals surface area contributed by atoms with Gasteiger partial charge in [0.25, 0.3) is 0 Å². The largest absolute Gasteiger partial charge is 0.488 e. The number of carbonyl (C=O) groups excluding carboxylic acids is 1. The van der Waals surface area contributed by atoms with E-state index in [9.17, 15) is 4.79 Å². The zero-order valence-corrected chi connectivity index (χ0v) is 5.46. The van der Waals surface area contributed by atoms with E-state index in [0.29, 0.717) is 6.61 Å². The lowest BCUT2D eigenvalue weighted by Gasteiger charge is -2.11. The van der Waals surface area contributed by atoms with Crippen LogP contribution in [0, 0.1) is 0 Å². The summed E-state index contributed by atoms with van der Waals surface area (Å²) in [6.45, 7) is 0.555. The average molecular weight is 143 g/mol. The lowest BCUT2D eigenvalue weighted by molar-refractivity contribution is -0.129.